The van der Waals surface area contributed by atoms with Crippen LogP contribution in [0.5, 0.6) is 5.75 Å². The first-order valence-electron chi connectivity index (χ1n) is 8.63. The summed E-state index contributed by atoms with van der Waals surface area (Å²) in [7, 11) is 1.49. The van der Waals surface area contributed by atoms with E-state index in [0.717, 1.165) is 11.1 Å². The predicted octanol–water partition coefficient (Wildman–Crippen LogP) is 2.28. The van der Waals surface area contributed by atoms with Crippen LogP contribution in [0.1, 0.15) is 23.3 Å². The number of rotatable bonds is 3. The number of fused-ring (bicyclic) bond motifs is 1. The summed E-state index contributed by atoms with van der Waals surface area (Å²) in [6.07, 6.45) is 1.34. The number of ether oxygens (including phenoxy) is 1. The van der Waals surface area contributed by atoms with Crippen molar-refractivity contribution < 1.29 is 14.3 Å². The van der Waals surface area contributed by atoms with Crippen molar-refractivity contribution >= 4 is 28.3 Å². The summed E-state index contributed by atoms with van der Waals surface area (Å²) in [5, 5.41) is 4.92. The Labute approximate surface area is 154 Å². The van der Waals surface area contributed by atoms with Crippen molar-refractivity contribution in [3.63, 3.8) is 0 Å². The normalized spacial score (nSPS) is 14.0. The quantitative estimate of drug-likeness (QED) is 0.527. The molecule has 0 spiro atoms. The fraction of sp³-hybridized carbons (Fsp3) is 0.200. The summed E-state index contributed by atoms with van der Waals surface area (Å²) >= 11 is 0. The number of benzene rings is 2. The van der Waals surface area contributed by atoms with Crippen molar-refractivity contribution in [2.45, 2.75) is 12.8 Å². The molecule has 4 rings (SSSR count). The molecule has 3 aromatic rings. The van der Waals surface area contributed by atoms with E-state index < -0.39 is 5.97 Å². The first-order valence-corrected chi connectivity index (χ1v) is 8.63. The highest BCUT2D eigenvalue weighted by Gasteiger charge is 2.23. The highest BCUT2D eigenvalue weighted by molar-refractivity contribution is 6.03. The summed E-state index contributed by atoms with van der Waals surface area (Å²) in [4.78, 5) is 38.5. The number of aryl methyl sites for hydroxylation is 1. The standard InChI is InChI=1S/C20H17N3O4/c1-22-19(25)16-9-3-2-8-15(16)18(21-22)20(26)27-14-7-4-6-13(12-14)23-11-5-10-17(23)24/h2-4,6-9,12H,5,10-11H2,1H3. The van der Waals surface area contributed by atoms with Crippen LogP contribution in [0.15, 0.2) is 53.3 Å². The Balaban J connectivity index is 1.68. The SMILES string of the molecule is Cn1nc(C(=O)Oc2cccc(N3CCCC3=O)c2)c2ccccc2c1=O. The molecule has 1 amide bonds. The van der Waals surface area contributed by atoms with E-state index in [2.05, 4.69) is 5.10 Å². The van der Waals surface area contributed by atoms with Crippen LogP contribution in [-0.4, -0.2) is 28.2 Å². The van der Waals surface area contributed by atoms with Crippen molar-refractivity contribution in [2.24, 2.45) is 7.05 Å². The molecule has 2 heterocycles. The second kappa shape index (κ2) is 6.68. The predicted molar refractivity (Wildman–Crippen MR) is 100.0 cm³/mol. The Morgan fingerprint density at radius 1 is 1.07 bits per heavy atom. The van der Waals surface area contributed by atoms with Gasteiger partial charge in [-0.2, -0.15) is 5.10 Å². The maximum absolute atomic E-state index is 12.7. The van der Waals surface area contributed by atoms with Crippen molar-refractivity contribution in [1.29, 1.82) is 0 Å². The van der Waals surface area contributed by atoms with E-state index in [4.69, 9.17) is 4.74 Å². The zero-order chi connectivity index (χ0) is 19.0. The van der Waals surface area contributed by atoms with Crippen molar-refractivity contribution in [3.05, 3.63) is 64.6 Å². The van der Waals surface area contributed by atoms with Crippen molar-refractivity contribution in [3.8, 4) is 5.75 Å². The van der Waals surface area contributed by atoms with E-state index in [0.29, 0.717) is 35.2 Å². The number of esters is 1. The molecule has 1 saturated heterocycles. The van der Waals surface area contributed by atoms with Crippen LogP contribution >= 0.6 is 0 Å². The van der Waals surface area contributed by atoms with Gasteiger partial charge in [0.2, 0.25) is 5.91 Å². The first kappa shape index (κ1) is 17.0. The number of amides is 1. The molecule has 0 radical (unpaired) electrons. The molecule has 7 heteroatoms. The summed E-state index contributed by atoms with van der Waals surface area (Å²) < 4.78 is 6.61. The first-order chi connectivity index (χ1) is 13.0. The Bertz CT molecular complexity index is 1120. The van der Waals surface area contributed by atoms with Crippen LogP contribution in [0.3, 0.4) is 0 Å². The third-order valence-corrected chi connectivity index (χ3v) is 4.56. The summed E-state index contributed by atoms with van der Waals surface area (Å²) in [5.41, 5.74) is 0.480. The average Bonchev–Trinajstić information content (AvgIpc) is 3.11. The third-order valence-electron chi connectivity index (χ3n) is 4.56. The van der Waals surface area contributed by atoms with Gasteiger partial charge in [-0.25, -0.2) is 9.48 Å². The fourth-order valence-electron chi connectivity index (χ4n) is 3.24. The van der Waals surface area contributed by atoms with Gasteiger partial charge < -0.3 is 9.64 Å². The number of carbonyl (C=O) groups excluding carboxylic acids is 2. The summed E-state index contributed by atoms with van der Waals surface area (Å²) in [6.45, 7) is 0.656. The minimum atomic E-state index is -0.660. The molecule has 7 nitrogen and oxygen atoms in total. The monoisotopic (exact) mass is 363 g/mol. The van der Waals surface area contributed by atoms with Crippen LogP contribution in [0.2, 0.25) is 0 Å². The molecule has 0 unspecified atom stereocenters. The van der Waals surface area contributed by atoms with Gasteiger partial charge in [-0.05, 0) is 24.6 Å². The minimum absolute atomic E-state index is 0.0594. The summed E-state index contributed by atoms with van der Waals surface area (Å²) in [5.74, 6) is -0.284. The lowest BCUT2D eigenvalue weighted by Gasteiger charge is -2.16. The minimum Gasteiger partial charge on any atom is -0.422 e. The molecule has 2 aromatic carbocycles. The Hall–Kier alpha value is -3.48. The van der Waals surface area contributed by atoms with Gasteiger partial charge >= 0.3 is 5.97 Å². The topological polar surface area (TPSA) is 81.5 Å². The third kappa shape index (κ3) is 3.08. The fourth-order valence-corrected chi connectivity index (χ4v) is 3.24. The second-order valence-corrected chi connectivity index (χ2v) is 6.36. The van der Waals surface area contributed by atoms with E-state index in [9.17, 15) is 14.4 Å². The highest BCUT2D eigenvalue weighted by Crippen LogP contribution is 2.26. The maximum Gasteiger partial charge on any atom is 0.364 e. The Morgan fingerprint density at radius 2 is 1.85 bits per heavy atom. The van der Waals surface area contributed by atoms with E-state index in [1.807, 2.05) is 0 Å². The molecule has 1 aromatic heterocycles. The largest absolute Gasteiger partial charge is 0.422 e. The average molecular weight is 363 g/mol. The van der Waals surface area contributed by atoms with Gasteiger partial charge in [-0.15, -0.1) is 0 Å². The van der Waals surface area contributed by atoms with Crippen molar-refractivity contribution in [1.82, 2.24) is 9.78 Å². The summed E-state index contributed by atoms with van der Waals surface area (Å²) in [6, 6.07) is 13.6. The van der Waals surface area contributed by atoms with Gasteiger partial charge in [-0.1, -0.05) is 24.3 Å². The number of nitrogens with zero attached hydrogens (tertiary/aromatic N) is 3. The van der Waals surface area contributed by atoms with Gasteiger partial charge in [0.1, 0.15) is 5.75 Å². The number of aromatic nitrogens is 2. The number of carbonyl (C=O) groups is 2. The van der Waals surface area contributed by atoms with Crippen LogP contribution in [0.25, 0.3) is 10.8 Å². The second-order valence-electron chi connectivity index (χ2n) is 6.36. The smallest absolute Gasteiger partial charge is 0.364 e. The number of anilines is 1. The molecule has 0 N–H and O–H groups in total. The molecule has 0 aliphatic carbocycles. The van der Waals surface area contributed by atoms with Gasteiger partial charge in [0.05, 0.1) is 5.39 Å². The molecule has 0 atom stereocenters. The lowest BCUT2D eigenvalue weighted by atomic mass is 10.1. The van der Waals surface area contributed by atoms with Gasteiger partial charge in [0, 0.05) is 37.2 Å². The molecular formula is C20H17N3O4. The van der Waals surface area contributed by atoms with Crippen LogP contribution in [0.4, 0.5) is 5.69 Å². The van der Waals surface area contributed by atoms with E-state index in [-0.39, 0.29) is 17.2 Å². The molecule has 1 aliphatic heterocycles. The van der Waals surface area contributed by atoms with Crippen LogP contribution < -0.4 is 15.2 Å². The lowest BCUT2D eigenvalue weighted by molar-refractivity contribution is -0.117. The Morgan fingerprint density at radius 3 is 2.59 bits per heavy atom. The zero-order valence-corrected chi connectivity index (χ0v) is 14.7. The maximum atomic E-state index is 12.7. The molecule has 1 aliphatic rings. The van der Waals surface area contributed by atoms with E-state index in [1.54, 1.807) is 53.4 Å². The molecule has 0 bridgehead atoms. The zero-order valence-electron chi connectivity index (χ0n) is 14.7. The van der Waals surface area contributed by atoms with Crippen molar-refractivity contribution in [2.75, 3.05) is 11.4 Å². The van der Waals surface area contributed by atoms with Gasteiger partial charge in [0.15, 0.2) is 5.69 Å². The van der Waals surface area contributed by atoms with E-state index in [1.165, 1.54) is 7.05 Å². The van der Waals surface area contributed by atoms with Crippen LogP contribution in [-0.2, 0) is 11.8 Å². The molecule has 0 saturated carbocycles. The van der Waals surface area contributed by atoms with Crippen LogP contribution in [0, 0.1) is 0 Å². The molecule has 136 valence electrons. The van der Waals surface area contributed by atoms with Gasteiger partial charge in [-0.3, -0.25) is 9.59 Å². The molecule has 1 fully saturated rings. The highest BCUT2D eigenvalue weighted by atomic mass is 16.5. The Kier molecular flexibility index (Phi) is 4.19. The number of hydrogen-bond acceptors (Lipinski definition) is 5. The number of hydrogen-bond donors (Lipinski definition) is 0. The lowest BCUT2D eigenvalue weighted by Crippen LogP contribution is -2.25. The van der Waals surface area contributed by atoms with Gasteiger partial charge in [0.25, 0.3) is 5.56 Å². The van der Waals surface area contributed by atoms with E-state index >= 15 is 0 Å². The molecular weight excluding hydrogens is 346 g/mol. The molecule has 27 heavy (non-hydrogen) atoms.